The summed E-state index contributed by atoms with van der Waals surface area (Å²) in [5.41, 5.74) is -0.583. The molecule has 0 atom stereocenters. The number of methoxy groups -OCH3 is 2. The number of amides is 4. The van der Waals surface area contributed by atoms with Crippen molar-refractivity contribution in [2.24, 2.45) is 0 Å². The van der Waals surface area contributed by atoms with E-state index < -0.39 is 39.1 Å². The number of hydrogen-bond acceptors (Lipinski definition) is 10. The largest absolute Gasteiger partial charge is 0.497 e. The lowest BCUT2D eigenvalue weighted by Crippen LogP contribution is -2.54. The van der Waals surface area contributed by atoms with E-state index in [2.05, 4.69) is 11.9 Å². The summed E-state index contributed by atoms with van der Waals surface area (Å²) in [6, 6.07) is 11.0. The van der Waals surface area contributed by atoms with E-state index in [0.717, 1.165) is 23.1 Å². The third-order valence-corrected chi connectivity index (χ3v) is 6.04. The summed E-state index contributed by atoms with van der Waals surface area (Å²) in [5.74, 6) is -1.46. The molecule has 1 aliphatic rings. The third kappa shape index (κ3) is 5.77. The van der Waals surface area contributed by atoms with Crippen LogP contribution in [0.15, 0.2) is 72.8 Å². The van der Waals surface area contributed by atoms with E-state index >= 15 is 0 Å². The van der Waals surface area contributed by atoms with Gasteiger partial charge in [-0.15, -0.1) is 6.58 Å². The monoisotopic (exact) mass is 574 g/mol. The first-order valence-electron chi connectivity index (χ1n) is 12.1. The van der Waals surface area contributed by atoms with Crippen LogP contribution in [0.25, 0.3) is 6.08 Å². The molecule has 3 aromatic carbocycles. The third-order valence-electron chi connectivity index (χ3n) is 6.04. The first-order valence-corrected chi connectivity index (χ1v) is 12.1. The van der Waals surface area contributed by atoms with Crippen molar-refractivity contribution in [2.75, 3.05) is 19.1 Å². The number of non-ortho nitro benzene ring substituents is 1. The molecule has 14 heteroatoms. The van der Waals surface area contributed by atoms with Crippen molar-refractivity contribution in [3.05, 3.63) is 104 Å². The predicted octanol–water partition coefficient (Wildman–Crippen LogP) is 4.71. The van der Waals surface area contributed by atoms with Gasteiger partial charge in [-0.3, -0.25) is 35.1 Å². The maximum absolute atomic E-state index is 13.3. The minimum atomic E-state index is -0.925. The number of barbiturate groups is 1. The Bertz CT molecular complexity index is 1660. The van der Waals surface area contributed by atoms with Crippen LogP contribution < -0.4 is 24.4 Å². The summed E-state index contributed by atoms with van der Waals surface area (Å²) in [7, 11) is 2.77. The summed E-state index contributed by atoms with van der Waals surface area (Å²) < 4.78 is 16.4. The van der Waals surface area contributed by atoms with Gasteiger partial charge in [-0.05, 0) is 60.5 Å². The van der Waals surface area contributed by atoms with Crippen LogP contribution in [0.5, 0.6) is 23.0 Å². The minimum Gasteiger partial charge on any atom is -0.497 e. The van der Waals surface area contributed by atoms with Gasteiger partial charge in [-0.2, -0.15) is 0 Å². The van der Waals surface area contributed by atoms with Crippen molar-refractivity contribution < 1.29 is 38.4 Å². The highest BCUT2D eigenvalue weighted by molar-refractivity contribution is 6.39. The number of carbonyl (C=O) groups is 3. The highest BCUT2D eigenvalue weighted by atomic mass is 16.6. The van der Waals surface area contributed by atoms with Gasteiger partial charge in [0.25, 0.3) is 17.5 Å². The molecule has 1 heterocycles. The second-order valence-electron chi connectivity index (χ2n) is 8.63. The molecule has 4 amide bonds. The molecule has 214 valence electrons. The van der Waals surface area contributed by atoms with Gasteiger partial charge in [0.05, 0.1) is 35.8 Å². The number of benzene rings is 3. The molecule has 0 saturated carbocycles. The molecule has 3 aromatic rings. The molecule has 0 aromatic heterocycles. The Hall–Kier alpha value is -6.05. The van der Waals surface area contributed by atoms with Crippen molar-refractivity contribution in [1.29, 1.82) is 0 Å². The minimum absolute atomic E-state index is 0.0472. The van der Waals surface area contributed by atoms with Gasteiger partial charge in [0.2, 0.25) is 5.75 Å². The van der Waals surface area contributed by atoms with Crippen molar-refractivity contribution >= 4 is 41.0 Å². The van der Waals surface area contributed by atoms with Gasteiger partial charge < -0.3 is 14.2 Å². The van der Waals surface area contributed by atoms with E-state index in [0.29, 0.717) is 16.9 Å². The average molecular weight is 575 g/mol. The molecule has 0 unspecified atom stereocenters. The SMILES string of the molecule is C=CCc1cc(/C=C2\C(=O)NC(=O)N(c3ccc(OC)cc3)C2=O)cc(OC)c1Oc1ccc([N+](=O)[O-])cc1[N+](=O)[O-]. The molecule has 0 bridgehead atoms. The number of rotatable bonds is 10. The number of anilines is 1. The number of nitrogens with zero attached hydrogens (tertiary/aromatic N) is 3. The summed E-state index contributed by atoms with van der Waals surface area (Å²) in [5, 5.41) is 24.9. The molecule has 0 radical (unpaired) electrons. The highest BCUT2D eigenvalue weighted by Gasteiger charge is 2.37. The maximum atomic E-state index is 13.3. The van der Waals surface area contributed by atoms with E-state index in [1.165, 1.54) is 44.6 Å². The van der Waals surface area contributed by atoms with Crippen LogP contribution >= 0.6 is 0 Å². The van der Waals surface area contributed by atoms with E-state index in [4.69, 9.17) is 14.2 Å². The van der Waals surface area contributed by atoms with Crippen LogP contribution in [0.4, 0.5) is 21.9 Å². The number of urea groups is 1. The average Bonchev–Trinajstić information content (AvgIpc) is 2.96. The molecule has 1 saturated heterocycles. The molecule has 42 heavy (non-hydrogen) atoms. The van der Waals surface area contributed by atoms with E-state index in [1.54, 1.807) is 18.2 Å². The summed E-state index contributed by atoms with van der Waals surface area (Å²) in [6.45, 7) is 3.70. The maximum Gasteiger partial charge on any atom is 0.335 e. The van der Waals surface area contributed by atoms with Gasteiger partial charge in [-0.1, -0.05) is 6.08 Å². The summed E-state index contributed by atoms with van der Waals surface area (Å²) in [6.07, 6.45) is 2.94. The zero-order chi connectivity index (χ0) is 30.6. The van der Waals surface area contributed by atoms with Crippen LogP contribution in [0.1, 0.15) is 11.1 Å². The summed E-state index contributed by atoms with van der Waals surface area (Å²) in [4.78, 5) is 60.5. The van der Waals surface area contributed by atoms with Gasteiger partial charge in [0, 0.05) is 11.6 Å². The van der Waals surface area contributed by atoms with Crippen LogP contribution in [0.2, 0.25) is 0 Å². The Morgan fingerprint density at radius 1 is 0.929 bits per heavy atom. The van der Waals surface area contributed by atoms with Crippen molar-refractivity contribution in [2.45, 2.75) is 6.42 Å². The molecule has 1 N–H and O–H groups in total. The fraction of sp³-hybridized carbons (Fsp3) is 0.107. The first-order chi connectivity index (χ1) is 20.1. The zero-order valence-electron chi connectivity index (χ0n) is 22.2. The Kier molecular flexibility index (Phi) is 8.27. The van der Waals surface area contributed by atoms with E-state index in [1.807, 2.05) is 0 Å². The number of imide groups is 2. The standard InChI is InChI=1S/C28H22N4O10/c1-4-5-17-12-16(13-21-26(33)29-28(35)30(27(21)34)18-6-9-20(40-2)10-7-18)14-24(41-3)25(17)42-23-11-8-19(31(36)37)15-22(23)32(38)39/h4,6-15H,1,5H2,2-3H3,(H,29,33,35)/b21-13+. The smallest absolute Gasteiger partial charge is 0.335 e. The lowest BCUT2D eigenvalue weighted by Gasteiger charge is -2.26. The summed E-state index contributed by atoms with van der Waals surface area (Å²) >= 11 is 0. The second-order valence-corrected chi connectivity index (χ2v) is 8.63. The van der Waals surface area contributed by atoms with Gasteiger partial charge in [-0.25, -0.2) is 9.69 Å². The Morgan fingerprint density at radius 3 is 2.24 bits per heavy atom. The van der Waals surface area contributed by atoms with Gasteiger partial charge in [0.15, 0.2) is 11.5 Å². The molecular weight excluding hydrogens is 552 g/mol. The lowest BCUT2D eigenvalue weighted by molar-refractivity contribution is -0.394. The van der Waals surface area contributed by atoms with Crippen LogP contribution in [-0.2, 0) is 16.0 Å². The molecule has 14 nitrogen and oxygen atoms in total. The number of carbonyl (C=O) groups excluding carboxylic acids is 3. The number of nitrogens with one attached hydrogen (secondary N) is 1. The Morgan fingerprint density at radius 2 is 1.64 bits per heavy atom. The lowest BCUT2D eigenvalue weighted by atomic mass is 10.0. The molecule has 4 rings (SSSR count). The molecule has 0 spiro atoms. The molecule has 0 aliphatic carbocycles. The fourth-order valence-corrected chi connectivity index (χ4v) is 4.09. The second kappa shape index (κ2) is 12.0. The topological polar surface area (TPSA) is 180 Å². The molecule has 1 fully saturated rings. The number of hydrogen-bond donors (Lipinski definition) is 1. The van der Waals surface area contributed by atoms with Crippen molar-refractivity contribution in [1.82, 2.24) is 5.32 Å². The highest BCUT2D eigenvalue weighted by Crippen LogP contribution is 2.41. The zero-order valence-corrected chi connectivity index (χ0v) is 22.2. The van der Waals surface area contributed by atoms with E-state index in [-0.39, 0.29) is 34.9 Å². The molecular formula is C28H22N4O10. The Balaban J connectivity index is 1.77. The Labute approximate surface area is 237 Å². The number of ether oxygens (including phenoxy) is 3. The van der Waals surface area contributed by atoms with Gasteiger partial charge in [0.1, 0.15) is 11.3 Å². The van der Waals surface area contributed by atoms with Crippen molar-refractivity contribution in [3.8, 4) is 23.0 Å². The van der Waals surface area contributed by atoms with Crippen LogP contribution in [0, 0.1) is 20.2 Å². The molecule has 1 aliphatic heterocycles. The first kappa shape index (κ1) is 28.9. The normalized spacial score (nSPS) is 13.9. The predicted molar refractivity (Wildman–Crippen MR) is 149 cm³/mol. The van der Waals surface area contributed by atoms with Gasteiger partial charge >= 0.3 is 11.7 Å². The number of allylic oxidation sites excluding steroid dienone is 1. The van der Waals surface area contributed by atoms with Crippen LogP contribution in [-0.4, -0.2) is 41.9 Å². The van der Waals surface area contributed by atoms with Crippen molar-refractivity contribution in [3.63, 3.8) is 0 Å². The fourth-order valence-electron chi connectivity index (χ4n) is 4.09. The number of nitro groups is 2. The van der Waals surface area contributed by atoms with E-state index in [9.17, 15) is 34.6 Å². The van der Waals surface area contributed by atoms with Crippen LogP contribution in [0.3, 0.4) is 0 Å². The quantitative estimate of drug-likeness (QED) is 0.117. The number of nitro benzene ring substituents is 2.